The molecule has 0 amide bonds. The van der Waals surface area contributed by atoms with Gasteiger partial charge in [0.05, 0.1) is 22.1 Å². The van der Waals surface area contributed by atoms with Crippen LogP contribution in [0.1, 0.15) is 31.0 Å². The van der Waals surface area contributed by atoms with E-state index in [1.54, 1.807) is 53.2 Å². The molecule has 0 aliphatic carbocycles. The van der Waals surface area contributed by atoms with Crippen LogP contribution in [0.4, 0.5) is 5.13 Å². The normalized spacial score (nSPS) is 11.8. The van der Waals surface area contributed by atoms with Gasteiger partial charge in [0.15, 0.2) is 5.13 Å². The number of benzene rings is 1. The lowest BCUT2D eigenvalue weighted by molar-refractivity contribution is 0.584. The monoisotopic (exact) mass is 407 g/mol. The van der Waals surface area contributed by atoms with Gasteiger partial charge in [-0.3, -0.25) is 0 Å². The number of anilines is 1. The van der Waals surface area contributed by atoms with Gasteiger partial charge in [-0.25, -0.2) is 22.7 Å². The molecule has 2 aromatic heterocycles. The maximum absolute atomic E-state index is 13.1. The van der Waals surface area contributed by atoms with E-state index in [9.17, 15) is 8.42 Å². The van der Waals surface area contributed by atoms with Crippen molar-refractivity contribution in [1.29, 1.82) is 0 Å². The fourth-order valence-corrected chi connectivity index (χ4v) is 5.50. The number of nitrogens with zero attached hydrogens (tertiary/aromatic N) is 3. The zero-order valence-corrected chi connectivity index (χ0v) is 17.1. The predicted octanol–water partition coefficient (Wildman–Crippen LogP) is 4.58. The van der Waals surface area contributed by atoms with E-state index in [-0.39, 0.29) is 11.4 Å². The second-order valence-electron chi connectivity index (χ2n) is 6.30. The highest BCUT2D eigenvalue weighted by molar-refractivity contribution is 7.93. The van der Waals surface area contributed by atoms with Crippen LogP contribution in [0.5, 0.6) is 0 Å². The molecule has 0 saturated carbocycles. The molecule has 0 N–H and O–H groups in total. The molecule has 0 aliphatic rings. The average molecular weight is 408 g/mol. The summed E-state index contributed by atoms with van der Waals surface area (Å²) in [6.07, 6.45) is 3.61. The van der Waals surface area contributed by atoms with E-state index in [0.717, 1.165) is 23.5 Å². The molecule has 1 aromatic carbocycles. The third kappa shape index (κ3) is 4.49. The molecule has 0 aliphatic heterocycles. The second-order valence-corrected chi connectivity index (χ2v) is 9.98. The minimum atomic E-state index is -3.69. The van der Waals surface area contributed by atoms with Crippen LogP contribution in [-0.4, -0.2) is 18.4 Å². The minimum Gasteiger partial charge on any atom is -0.244 e. The van der Waals surface area contributed by atoms with Gasteiger partial charge in [-0.05, 0) is 30.9 Å². The van der Waals surface area contributed by atoms with Crippen molar-refractivity contribution < 1.29 is 8.42 Å². The Balaban J connectivity index is 1.87. The molecular weight excluding hydrogens is 386 g/mol. The van der Waals surface area contributed by atoms with E-state index in [4.69, 9.17) is 0 Å². The Bertz CT molecular complexity index is 920. The highest BCUT2D eigenvalue weighted by Gasteiger charge is 2.27. The molecule has 8 heteroatoms. The Morgan fingerprint density at radius 2 is 1.92 bits per heavy atom. The Morgan fingerprint density at radius 3 is 2.58 bits per heavy atom. The molecule has 0 bridgehead atoms. The van der Waals surface area contributed by atoms with Crippen molar-refractivity contribution in [3.8, 4) is 0 Å². The van der Waals surface area contributed by atoms with Crippen molar-refractivity contribution in [3.05, 3.63) is 58.0 Å². The predicted molar refractivity (Wildman–Crippen MR) is 107 cm³/mol. The fraction of sp³-hybridized carbons (Fsp3) is 0.333. The van der Waals surface area contributed by atoms with Gasteiger partial charge in [-0.15, -0.1) is 22.7 Å². The van der Waals surface area contributed by atoms with Gasteiger partial charge >= 0.3 is 0 Å². The first-order chi connectivity index (χ1) is 12.5. The first-order valence-electron chi connectivity index (χ1n) is 8.37. The third-order valence-electron chi connectivity index (χ3n) is 3.80. The summed E-state index contributed by atoms with van der Waals surface area (Å²) in [6, 6.07) is 8.45. The van der Waals surface area contributed by atoms with E-state index in [1.807, 2.05) is 5.38 Å². The van der Waals surface area contributed by atoms with Crippen LogP contribution in [-0.2, 0) is 23.0 Å². The summed E-state index contributed by atoms with van der Waals surface area (Å²) in [7, 11) is -3.69. The number of thiazole rings is 2. The molecule has 3 aromatic rings. The summed E-state index contributed by atoms with van der Waals surface area (Å²) in [5, 5.41) is 5.21. The van der Waals surface area contributed by atoms with Crippen LogP contribution < -0.4 is 4.31 Å². The zero-order chi connectivity index (χ0) is 18.6. The molecule has 26 heavy (non-hydrogen) atoms. The first-order valence-corrected chi connectivity index (χ1v) is 11.6. The highest BCUT2D eigenvalue weighted by atomic mass is 32.2. The molecule has 3 rings (SSSR count). The summed E-state index contributed by atoms with van der Waals surface area (Å²) in [6.45, 7) is 4.55. The van der Waals surface area contributed by atoms with Crippen molar-refractivity contribution in [2.24, 2.45) is 5.92 Å². The summed E-state index contributed by atoms with van der Waals surface area (Å²) in [4.78, 5) is 9.10. The van der Waals surface area contributed by atoms with Gasteiger partial charge in [-0.2, -0.15) is 0 Å². The summed E-state index contributed by atoms with van der Waals surface area (Å²) in [5.41, 5.74) is 0.753. The van der Waals surface area contributed by atoms with Gasteiger partial charge in [0, 0.05) is 17.0 Å². The van der Waals surface area contributed by atoms with Crippen LogP contribution in [0, 0.1) is 5.92 Å². The fourth-order valence-electron chi connectivity index (χ4n) is 2.41. The molecule has 0 unspecified atom stereocenters. The molecule has 0 radical (unpaired) electrons. The molecular formula is C18H21N3O2S3. The lowest BCUT2D eigenvalue weighted by Crippen LogP contribution is -2.30. The topological polar surface area (TPSA) is 63.2 Å². The van der Waals surface area contributed by atoms with Crippen molar-refractivity contribution in [1.82, 2.24) is 9.97 Å². The highest BCUT2D eigenvalue weighted by Crippen LogP contribution is 2.28. The Hall–Kier alpha value is -1.77. The van der Waals surface area contributed by atoms with Gasteiger partial charge < -0.3 is 0 Å². The van der Waals surface area contributed by atoms with Crippen LogP contribution >= 0.6 is 22.7 Å². The number of sulfonamides is 1. The Labute approximate surface area is 162 Å². The molecule has 5 nitrogen and oxygen atoms in total. The van der Waals surface area contributed by atoms with Crippen LogP contribution in [0.2, 0.25) is 0 Å². The smallest absolute Gasteiger partial charge is 0.244 e. The van der Waals surface area contributed by atoms with Crippen molar-refractivity contribution in [2.75, 3.05) is 4.31 Å². The van der Waals surface area contributed by atoms with Crippen LogP contribution in [0.15, 0.2) is 52.2 Å². The molecule has 138 valence electrons. The maximum atomic E-state index is 13.1. The Morgan fingerprint density at radius 1 is 1.15 bits per heavy atom. The largest absolute Gasteiger partial charge is 0.266 e. The minimum absolute atomic E-state index is 0.183. The zero-order valence-electron chi connectivity index (χ0n) is 14.7. The molecule has 0 atom stereocenters. The third-order valence-corrected chi connectivity index (χ3v) is 7.42. The lowest BCUT2D eigenvalue weighted by atomic mass is 10.1. The Kier molecular flexibility index (Phi) is 6.05. The SMILES string of the molecule is CC(C)CCc1nc(CN(c2nccs2)S(=O)(=O)c2ccccc2)cs1. The number of aryl methyl sites for hydroxylation is 1. The number of rotatable bonds is 8. The second kappa shape index (κ2) is 8.28. The van der Waals surface area contributed by atoms with E-state index in [2.05, 4.69) is 23.8 Å². The van der Waals surface area contributed by atoms with E-state index >= 15 is 0 Å². The molecule has 0 spiro atoms. The molecule has 0 fully saturated rings. The summed E-state index contributed by atoms with van der Waals surface area (Å²) in [5.74, 6) is 0.618. The summed E-state index contributed by atoms with van der Waals surface area (Å²) >= 11 is 2.89. The van der Waals surface area contributed by atoms with E-state index in [1.165, 1.54) is 15.6 Å². The van der Waals surface area contributed by atoms with Crippen LogP contribution in [0.25, 0.3) is 0 Å². The average Bonchev–Trinajstić information content (AvgIpc) is 3.30. The van der Waals surface area contributed by atoms with Crippen molar-refractivity contribution >= 4 is 37.8 Å². The first kappa shape index (κ1) is 19.0. The van der Waals surface area contributed by atoms with E-state index in [0.29, 0.717) is 11.0 Å². The standard InChI is InChI=1S/C18H21N3O2S3/c1-14(2)8-9-17-20-15(13-25-17)12-21(18-19-10-11-24-18)26(22,23)16-6-4-3-5-7-16/h3-7,10-11,13-14H,8-9,12H2,1-2H3. The van der Waals surface area contributed by atoms with Gasteiger partial charge in [0.25, 0.3) is 10.0 Å². The number of aromatic nitrogens is 2. The maximum Gasteiger partial charge on any atom is 0.266 e. The number of hydrogen-bond donors (Lipinski definition) is 0. The van der Waals surface area contributed by atoms with Crippen molar-refractivity contribution in [3.63, 3.8) is 0 Å². The molecule has 2 heterocycles. The quantitative estimate of drug-likeness (QED) is 0.548. The molecule has 0 saturated heterocycles. The van der Waals surface area contributed by atoms with Gasteiger partial charge in [-0.1, -0.05) is 32.0 Å². The van der Waals surface area contributed by atoms with Gasteiger partial charge in [0.2, 0.25) is 0 Å². The lowest BCUT2D eigenvalue weighted by Gasteiger charge is -2.20. The van der Waals surface area contributed by atoms with Gasteiger partial charge in [0.1, 0.15) is 0 Å². The number of hydrogen-bond acceptors (Lipinski definition) is 6. The summed E-state index contributed by atoms with van der Waals surface area (Å²) < 4.78 is 27.6. The van der Waals surface area contributed by atoms with Crippen LogP contribution in [0.3, 0.4) is 0 Å². The van der Waals surface area contributed by atoms with Crippen molar-refractivity contribution in [2.45, 2.75) is 38.1 Å². The van der Waals surface area contributed by atoms with E-state index < -0.39 is 10.0 Å².